The molecular formula is C38H34N4O12. The number of carboxylic acid groups (broad SMARTS) is 2. The minimum Gasteiger partial charge on any atom is -0.482 e. The van der Waals surface area contributed by atoms with Crippen molar-refractivity contribution in [3.63, 3.8) is 0 Å². The second-order valence-electron chi connectivity index (χ2n) is 12.2. The third-order valence-corrected chi connectivity index (χ3v) is 8.71. The van der Waals surface area contributed by atoms with E-state index in [-0.39, 0.29) is 35.8 Å². The molecule has 2 aliphatic rings. The fraction of sp³-hybridized carbons (Fsp3) is 0.211. The predicted octanol–water partition coefficient (Wildman–Crippen LogP) is 3.16. The minimum atomic E-state index is -2.05. The summed E-state index contributed by atoms with van der Waals surface area (Å²) >= 11 is 0. The van der Waals surface area contributed by atoms with E-state index >= 15 is 0 Å². The zero-order valence-electron chi connectivity index (χ0n) is 28.5. The van der Waals surface area contributed by atoms with Gasteiger partial charge < -0.3 is 39.8 Å². The number of carbonyl (C=O) groups excluding carboxylic acids is 4. The Morgan fingerprint density at radius 2 is 0.944 bits per heavy atom. The second-order valence-corrected chi connectivity index (χ2v) is 12.2. The van der Waals surface area contributed by atoms with E-state index in [1.807, 2.05) is 0 Å². The Bertz CT molecular complexity index is 1950. The number of aliphatic carboxylic acids is 2. The number of carbonyl (C=O) groups is 6. The molecule has 0 spiro atoms. The first kappa shape index (κ1) is 36.7. The quantitative estimate of drug-likeness (QED) is 0.122. The molecule has 0 bridgehead atoms. The molecule has 0 radical (unpaired) electrons. The van der Waals surface area contributed by atoms with Crippen LogP contribution in [-0.4, -0.2) is 82.3 Å². The van der Waals surface area contributed by atoms with E-state index in [2.05, 4.69) is 10.6 Å². The summed E-state index contributed by atoms with van der Waals surface area (Å²) in [4.78, 5) is 80.0. The van der Waals surface area contributed by atoms with Crippen molar-refractivity contribution in [3.05, 3.63) is 131 Å². The van der Waals surface area contributed by atoms with Crippen LogP contribution in [0, 0.1) is 0 Å². The number of hydrogen-bond donors (Lipinski definition) is 4. The molecule has 0 saturated carbocycles. The number of esters is 2. The van der Waals surface area contributed by atoms with Gasteiger partial charge in [-0.25, -0.2) is 19.2 Å². The molecular weight excluding hydrogens is 704 g/mol. The molecule has 16 nitrogen and oxygen atoms in total. The highest BCUT2D eigenvalue weighted by Gasteiger charge is 2.74. The van der Waals surface area contributed by atoms with E-state index in [9.17, 15) is 28.8 Å². The maximum Gasteiger partial charge on any atom is 0.341 e. The topological polar surface area (TPSA) is 210 Å². The molecule has 4 aromatic rings. The zero-order chi connectivity index (χ0) is 38.3. The van der Waals surface area contributed by atoms with Gasteiger partial charge in [-0.15, -0.1) is 0 Å². The van der Waals surface area contributed by atoms with Crippen LogP contribution >= 0.6 is 0 Å². The Hall–Kier alpha value is -7.10. The average molecular weight is 739 g/mol. The fourth-order valence-corrected chi connectivity index (χ4v) is 6.45. The van der Waals surface area contributed by atoms with Crippen molar-refractivity contribution in [3.8, 4) is 11.5 Å². The highest BCUT2D eigenvalue weighted by Crippen LogP contribution is 2.54. The van der Waals surface area contributed by atoms with Crippen molar-refractivity contribution in [1.29, 1.82) is 0 Å². The fourth-order valence-electron chi connectivity index (χ4n) is 6.45. The highest BCUT2D eigenvalue weighted by atomic mass is 16.5. The number of hydrogen-bond acceptors (Lipinski definition) is 10. The number of ether oxygens (including phenoxy) is 4. The van der Waals surface area contributed by atoms with Crippen LogP contribution in [0.25, 0.3) is 0 Å². The first-order valence-corrected chi connectivity index (χ1v) is 16.5. The third kappa shape index (κ3) is 7.43. The Kier molecular flexibility index (Phi) is 10.6. The number of rotatable bonds is 16. The monoisotopic (exact) mass is 738 g/mol. The lowest BCUT2D eigenvalue weighted by Crippen LogP contribution is -2.63. The van der Waals surface area contributed by atoms with Crippen LogP contribution in [0.2, 0.25) is 0 Å². The summed E-state index contributed by atoms with van der Waals surface area (Å²) in [5, 5.41) is 23.9. The molecule has 4 aromatic carbocycles. The van der Waals surface area contributed by atoms with Crippen molar-refractivity contribution in [2.45, 2.75) is 24.5 Å². The van der Waals surface area contributed by atoms with Gasteiger partial charge in [0, 0.05) is 11.1 Å². The van der Waals surface area contributed by atoms with Gasteiger partial charge >= 0.3 is 35.9 Å². The van der Waals surface area contributed by atoms with Crippen LogP contribution in [0.1, 0.15) is 22.3 Å². The van der Waals surface area contributed by atoms with E-state index in [0.29, 0.717) is 11.1 Å². The molecule has 16 heteroatoms. The minimum absolute atomic E-state index is 0.118. The average Bonchev–Trinajstić information content (AvgIpc) is 3.56. The Morgan fingerprint density at radius 3 is 1.33 bits per heavy atom. The molecule has 2 fully saturated rings. The summed E-state index contributed by atoms with van der Waals surface area (Å²) in [6.45, 7) is -2.93. The van der Waals surface area contributed by atoms with Crippen LogP contribution in [0.5, 0.6) is 11.5 Å². The maximum atomic E-state index is 14.2. The van der Waals surface area contributed by atoms with E-state index in [4.69, 9.17) is 29.2 Å². The Labute approximate surface area is 307 Å². The number of nitrogens with zero attached hydrogens (tertiary/aromatic N) is 2. The van der Waals surface area contributed by atoms with Crippen molar-refractivity contribution in [1.82, 2.24) is 20.4 Å². The number of amides is 4. The highest BCUT2D eigenvalue weighted by molar-refractivity contribution is 5.93. The van der Waals surface area contributed by atoms with Crippen LogP contribution in [0.3, 0.4) is 0 Å². The summed E-state index contributed by atoms with van der Waals surface area (Å²) in [7, 11) is 0. The zero-order valence-corrected chi connectivity index (χ0v) is 28.5. The van der Waals surface area contributed by atoms with Crippen molar-refractivity contribution < 1.29 is 57.9 Å². The molecule has 0 aliphatic carbocycles. The van der Waals surface area contributed by atoms with Crippen LogP contribution < -0.4 is 20.1 Å². The van der Waals surface area contributed by atoms with Gasteiger partial charge in [0.05, 0.1) is 0 Å². The summed E-state index contributed by atoms with van der Waals surface area (Å²) in [6, 6.07) is 27.7. The first-order valence-electron chi connectivity index (χ1n) is 16.5. The molecule has 2 aliphatic heterocycles. The lowest BCUT2D eigenvalue weighted by molar-refractivity contribution is -0.152. The van der Waals surface area contributed by atoms with Crippen LogP contribution in [0.4, 0.5) is 9.59 Å². The van der Waals surface area contributed by atoms with E-state index < -0.39 is 73.6 Å². The second kappa shape index (κ2) is 15.6. The Balaban J connectivity index is 1.45. The molecule has 54 heavy (non-hydrogen) atoms. The van der Waals surface area contributed by atoms with Gasteiger partial charge in [-0.05, 0) is 35.4 Å². The number of urea groups is 2. The number of nitrogens with one attached hydrogen (secondary N) is 2. The summed E-state index contributed by atoms with van der Waals surface area (Å²) in [6.07, 6.45) is 0. The first-order chi connectivity index (χ1) is 26.0. The van der Waals surface area contributed by atoms with Gasteiger partial charge in [0.25, 0.3) is 0 Å². The molecule has 0 unspecified atom stereocenters. The van der Waals surface area contributed by atoms with Crippen molar-refractivity contribution in [2.75, 3.05) is 26.3 Å². The predicted molar refractivity (Wildman–Crippen MR) is 185 cm³/mol. The molecule has 0 atom stereocenters. The number of fused-ring (bicyclic) bond motifs is 1. The summed E-state index contributed by atoms with van der Waals surface area (Å²) < 4.78 is 21.7. The summed E-state index contributed by atoms with van der Waals surface area (Å²) in [5.41, 5.74) is -2.16. The molecule has 278 valence electrons. The van der Waals surface area contributed by atoms with Gasteiger partial charge in [0.2, 0.25) is 0 Å². The number of benzene rings is 4. The standard InChI is InChI=1S/C38H34N4O12/c43-31(44)23-51-29-15-11-27(12-16-29)37-38(28-13-17-30(18-14-28)52-24-32(45)46,41(35(49)39-37)19-33(47)53-21-25-7-3-1-4-8-25)42(36(50)40-37)20-34(48)54-22-26-9-5-2-6-10-26/h1-18H,19-24H2,(H,39,49)(H,40,50)(H,43,44)(H,45,46). The van der Waals surface area contributed by atoms with E-state index in [1.165, 1.54) is 48.5 Å². The van der Waals surface area contributed by atoms with Gasteiger partial charge in [-0.2, -0.15) is 0 Å². The van der Waals surface area contributed by atoms with Gasteiger partial charge in [-0.1, -0.05) is 84.9 Å². The smallest absolute Gasteiger partial charge is 0.341 e. The molecule has 4 amide bonds. The van der Waals surface area contributed by atoms with Gasteiger partial charge in [0.1, 0.15) is 37.8 Å². The SMILES string of the molecule is O=C(O)COc1ccc(C23NC(=O)N(CC(=O)OCc4ccccc4)C2(c2ccc(OCC(=O)O)cc2)N(CC(=O)OCc2ccccc2)C(=O)N3)cc1. The lowest BCUT2D eigenvalue weighted by Gasteiger charge is -2.46. The van der Waals surface area contributed by atoms with Crippen LogP contribution in [-0.2, 0) is 53.2 Å². The van der Waals surface area contributed by atoms with Crippen LogP contribution in [0.15, 0.2) is 109 Å². The lowest BCUT2D eigenvalue weighted by atomic mass is 9.81. The van der Waals surface area contributed by atoms with Gasteiger partial charge in [0.15, 0.2) is 24.5 Å². The van der Waals surface area contributed by atoms with Crippen molar-refractivity contribution >= 4 is 35.9 Å². The normalized spacial score (nSPS) is 18.6. The van der Waals surface area contributed by atoms with E-state index in [1.54, 1.807) is 60.7 Å². The van der Waals surface area contributed by atoms with Gasteiger partial charge in [-0.3, -0.25) is 19.4 Å². The molecule has 6 rings (SSSR count). The molecule has 0 aromatic heterocycles. The third-order valence-electron chi connectivity index (χ3n) is 8.71. The molecule has 2 heterocycles. The number of carboxylic acids is 2. The largest absolute Gasteiger partial charge is 0.482 e. The molecule has 2 saturated heterocycles. The van der Waals surface area contributed by atoms with E-state index in [0.717, 1.165) is 9.80 Å². The summed E-state index contributed by atoms with van der Waals surface area (Å²) in [5.74, 6) is -3.80. The molecule has 4 N–H and O–H groups in total. The Morgan fingerprint density at radius 1 is 0.556 bits per heavy atom. The van der Waals surface area contributed by atoms with Crippen molar-refractivity contribution in [2.24, 2.45) is 0 Å². The maximum absolute atomic E-state index is 14.2.